The second-order valence-corrected chi connectivity index (χ2v) is 11.6. The van der Waals surface area contributed by atoms with Crippen molar-refractivity contribution < 1.29 is 9.47 Å². The Bertz CT molecular complexity index is 1870. The molecule has 0 N–H and O–H groups in total. The molecule has 0 atom stereocenters. The fourth-order valence-electron chi connectivity index (χ4n) is 6.20. The molecule has 2 aromatic heterocycles. The van der Waals surface area contributed by atoms with Crippen molar-refractivity contribution in [2.75, 3.05) is 6.79 Å². The predicted molar refractivity (Wildman–Crippen MR) is 176 cm³/mol. The van der Waals surface area contributed by atoms with Crippen LogP contribution in [0.1, 0.15) is 36.6 Å². The number of fused-ring (bicyclic) bond motifs is 2. The van der Waals surface area contributed by atoms with E-state index in [1.807, 2.05) is 6.07 Å². The summed E-state index contributed by atoms with van der Waals surface area (Å²) in [6, 6.07) is 36.6. The van der Waals surface area contributed by atoms with E-state index in [9.17, 15) is 0 Å². The van der Waals surface area contributed by atoms with E-state index in [-0.39, 0.29) is 6.79 Å². The highest BCUT2D eigenvalue weighted by Crippen LogP contribution is 2.35. The first-order valence-corrected chi connectivity index (χ1v) is 15.5. The summed E-state index contributed by atoms with van der Waals surface area (Å²) < 4.78 is 16.0. The Balaban J connectivity index is 1.32. The Kier molecular flexibility index (Phi) is 7.91. The van der Waals surface area contributed by atoms with Crippen molar-refractivity contribution >= 4 is 10.9 Å². The maximum Gasteiger partial charge on any atom is 0.231 e. The first kappa shape index (κ1) is 28.0. The summed E-state index contributed by atoms with van der Waals surface area (Å²) in [6.07, 6.45) is 4.33. The monoisotopic (exact) mass is 582 g/mol. The van der Waals surface area contributed by atoms with Gasteiger partial charge in [-0.2, -0.15) is 0 Å². The molecule has 7 rings (SSSR count). The number of aryl methyl sites for hydroxylation is 1. The van der Waals surface area contributed by atoms with Gasteiger partial charge in [0.2, 0.25) is 6.79 Å². The van der Waals surface area contributed by atoms with E-state index >= 15 is 0 Å². The predicted octanol–water partition coefficient (Wildman–Crippen LogP) is 8.44. The van der Waals surface area contributed by atoms with E-state index in [1.54, 1.807) is 0 Å². The molecule has 222 valence electrons. The lowest BCUT2D eigenvalue weighted by molar-refractivity contribution is 0.174. The Morgan fingerprint density at radius 3 is 2.23 bits per heavy atom. The summed E-state index contributed by atoms with van der Waals surface area (Å²) in [6.45, 7) is 5.75. The van der Waals surface area contributed by atoms with E-state index in [1.165, 1.54) is 27.7 Å². The number of unbranched alkanes of at least 4 members (excludes halogenated alkanes) is 1. The van der Waals surface area contributed by atoms with Crippen molar-refractivity contribution in [3.8, 4) is 34.1 Å². The van der Waals surface area contributed by atoms with Gasteiger partial charge in [-0.1, -0.05) is 86.1 Å². The number of imidazole rings is 1. The second kappa shape index (κ2) is 12.4. The molecule has 6 aromatic rings. The molecule has 0 aliphatic carbocycles. The minimum Gasteiger partial charge on any atom is -0.454 e. The molecule has 0 amide bonds. The molecule has 0 spiro atoms. The molecule has 3 heterocycles. The van der Waals surface area contributed by atoms with Crippen molar-refractivity contribution in [1.29, 1.82) is 0 Å². The zero-order chi connectivity index (χ0) is 29.9. The first-order valence-electron chi connectivity index (χ1n) is 15.5. The lowest BCUT2D eigenvalue weighted by Gasteiger charge is -2.25. The largest absolute Gasteiger partial charge is 0.454 e. The summed E-state index contributed by atoms with van der Waals surface area (Å²) in [4.78, 5) is 7.89. The molecule has 4 aromatic carbocycles. The van der Waals surface area contributed by atoms with Crippen LogP contribution in [0.4, 0.5) is 0 Å². The Morgan fingerprint density at radius 2 is 1.45 bits per heavy atom. The summed E-state index contributed by atoms with van der Waals surface area (Å²) in [7, 11) is 2.10. The number of hydrogen-bond acceptors (Lipinski definition) is 4. The molecule has 0 saturated carbocycles. The SMILES string of the molecule is CCCCn1c(-c2ccccc2)nc(-c2ccccc2)c1CN(Cc1ccc2c(c1)OCO2)Cc1ccc2c(ccn2C)c1. The molecule has 0 radical (unpaired) electrons. The number of rotatable bonds is 11. The van der Waals surface area contributed by atoms with Crippen LogP contribution >= 0.6 is 0 Å². The lowest BCUT2D eigenvalue weighted by Crippen LogP contribution is -2.24. The van der Waals surface area contributed by atoms with Gasteiger partial charge in [-0.25, -0.2) is 4.98 Å². The summed E-state index contributed by atoms with van der Waals surface area (Å²) in [5.41, 5.74) is 8.30. The van der Waals surface area contributed by atoms with E-state index in [0.29, 0.717) is 0 Å². The quantitative estimate of drug-likeness (QED) is 0.154. The third kappa shape index (κ3) is 5.73. The summed E-state index contributed by atoms with van der Waals surface area (Å²) in [5, 5.41) is 1.26. The zero-order valence-electron chi connectivity index (χ0n) is 25.4. The maximum absolute atomic E-state index is 5.74. The van der Waals surface area contributed by atoms with Gasteiger partial charge in [-0.3, -0.25) is 4.90 Å². The first-order chi connectivity index (χ1) is 21.7. The Morgan fingerprint density at radius 1 is 0.750 bits per heavy atom. The molecule has 1 aliphatic heterocycles. The number of nitrogens with zero attached hydrogens (tertiary/aromatic N) is 4. The lowest BCUT2D eigenvalue weighted by atomic mass is 10.1. The van der Waals surface area contributed by atoms with Crippen LogP contribution in [0.5, 0.6) is 11.5 Å². The van der Waals surface area contributed by atoms with Crippen LogP contribution in [0.3, 0.4) is 0 Å². The fourth-order valence-corrected chi connectivity index (χ4v) is 6.20. The second-order valence-electron chi connectivity index (χ2n) is 11.6. The Hall–Kier alpha value is -4.81. The third-order valence-corrected chi connectivity index (χ3v) is 8.46. The highest BCUT2D eigenvalue weighted by Gasteiger charge is 2.23. The molecule has 0 saturated heterocycles. The molecule has 6 nitrogen and oxygen atoms in total. The number of aromatic nitrogens is 3. The van der Waals surface area contributed by atoms with Crippen LogP contribution < -0.4 is 9.47 Å². The van der Waals surface area contributed by atoms with E-state index in [2.05, 4.69) is 131 Å². The average molecular weight is 583 g/mol. The van der Waals surface area contributed by atoms with E-state index in [4.69, 9.17) is 14.5 Å². The molecular weight excluding hydrogens is 544 g/mol. The van der Waals surface area contributed by atoms with Gasteiger partial charge in [-0.05, 0) is 53.3 Å². The molecule has 1 aliphatic rings. The standard InChI is InChI=1S/C38H38N4O2/c1-3-4-20-42-34(37(30-11-7-5-8-12-30)39-38(42)31-13-9-6-10-14-31)26-41(25-29-16-18-35-36(23-29)44-27-43-35)24-28-15-17-33-32(22-28)19-21-40(33)2/h5-19,21-23H,3-4,20,24-27H2,1-2H3. The minimum absolute atomic E-state index is 0.277. The van der Waals surface area contributed by atoms with Crippen LogP contribution in [-0.2, 0) is 33.2 Å². The van der Waals surface area contributed by atoms with Crippen molar-refractivity contribution in [3.05, 3.63) is 126 Å². The molecular formula is C38H38N4O2. The van der Waals surface area contributed by atoms with Crippen LogP contribution in [0.15, 0.2) is 109 Å². The Labute approximate surface area is 259 Å². The number of benzene rings is 4. The van der Waals surface area contributed by atoms with Gasteiger partial charge in [0.25, 0.3) is 0 Å². The topological polar surface area (TPSA) is 44.5 Å². The molecule has 0 unspecified atom stereocenters. The van der Waals surface area contributed by atoms with Crippen LogP contribution in [0.2, 0.25) is 0 Å². The van der Waals surface area contributed by atoms with E-state index in [0.717, 1.165) is 73.2 Å². The van der Waals surface area contributed by atoms with Crippen LogP contribution in [0, 0.1) is 0 Å². The van der Waals surface area contributed by atoms with Crippen molar-refractivity contribution in [3.63, 3.8) is 0 Å². The van der Waals surface area contributed by atoms with Gasteiger partial charge >= 0.3 is 0 Å². The highest BCUT2D eigenvalue weighted by molar-refractivity contribution is 5.80. The average Bonchev–Trinajstić information content (AvgIpc) is 3.78. The maximum atomic E-state index is 5.74. The summed E-state index contributed by atoms with van der Waals surface area (Å²) in [5.74, 6) is 2.66. The molecule has 0 bridgehead atoms. The highest BCUT2D eigenvalue weighted by atomic mass is 16.7. The van der Waals surface area contributed by atoms with Gasteiger partial charge in [0.1, 0.15) is 5.82 Å². The van der Waals surface area contributed by atoms with Gasteiger partial charge in [0.15, 0.2) is 11.5 Å². The van der Waals surface area contributed by atoms with Gasteiger partial charge in [-0.15, -0.1) is 0 Å². The minimum atomic E-state index is 0.277. The molecule has 0 fully saturated rings. The van der Waals surface area contributed by atoms with Crippen LogP contribution in [0.25, 0.3) is 33.5 Å². The molecule has 6 heteroatoms. The normalized spacial score (nSPS) is 12.4. The van der Waals surface area contributed by atoms with Gasteiger partial charge < -0.3 is 18.6 Å². The fraction of sp³-hybridized carbons (Fsp3) is 0.237. The van der Waals surface area contributed by atoms with Gasteiger partial charge in [0, 0.05) is 56.1 Å². The van der Waals surface area contributed by atoms with Gasteiger partial charge in [0.05, 0.1) is 11.4 Å². The summed E-state index contributed by atoms with van der Waals surface area (Å²) >= 11 is 0. The zero-order valence-corrected chi connectivity index (χ0v) is 25.4. The smallest absolute Gasteiger partial charge is 0.231 e. The van der Waals surface area contributed by atoms with Crippen molar-refractivity contribution in [1.82, 2.24) is 19.0 Å². The van der Waals surface area contributed by atoms with Crippen molar-refractivity contribution in [2.24, 2.45) is 7.05 Å². The van der Waals surface area contributed by atoms with E-state index < -0.39 is 0 Å². The van der Waals surface area contributed by atoms with Crippen LogP contribution in [-0.4, -0.2) is 25.8 Å². The molecule has 44 heavy (non-hydrogen) atoms. The number of hydrogen-bond donors (Lipinski definition) is 0. The number of ether oxygens (including phenoxy) is 2. The van der Waals surface area contributed by atoms with Crippen molar-refractivity contribution in [2.45, 2.75) is 45.9 Å². The third-order valence-electron chi connectivity index (χ3n) is 8.46.